The van der Waals surface area contributed by atoms with Gasteiger partial charge in [0.25, 0.3) is 5.91 Å². The van der Waals surface area contributed by atoms with Gasteiger partial charge in [-0.15, -0.1) is 11.3 Å². The molecule has 7 heteroatoms. The molecule has 0 atom stereocenters. The monoisotopic (exact) mass is 363 g/mol. The van der Waals surface area contributed by atoms with E-state index in [4.69, 9.17) is 23.2 Å². The average Bonchev–Trinajstić information content (AvgIpc) is 3.07. The molecule has 0 radical (unpaired) electrons. The fourth-order valence-corrected chi connectivity index (χ4v) is 2.83. The lowest BCUT2D eigenvalue weighted by Gasteiger charge is -2.09. The van der Waals surface area contributed by atoms with Gasteiger partial charge in [0.15, 0.2) is 0 Å². The Hall–Kier alpha value is -2.08. The van der Waals surface area contributed by atoms with Gasteiger partial charge in [-0.25, -0.2) is 4.98 Å². The number of nitrogens with zero attached hydrogens (tertiary/aromatic N) is 1. The van der Waals surface area contributed by atoms with Crippen LogP contribution < -0.4 is 10.6 Å². The molecule has 1 aromatic carbocycles. The molecule has 0 aliphatic heterocycles. The molecule has 2 aromatic heterocycles. The van der Waals surface area contributed by atoms with Crippen LogP contribution in [0.25, 0.3) is 0 Å². The number of halogens is 2. The van der Waals surface area contributed by atoms with Crippen LogP contribution >= 0.6 is 34.5 Å². The molecule has 116 valence electrons. The van der Waals surface area contributed by atoms with E-state index >= 15 is 0 Å². The summed E-state index contributed by atoms with van der Waals surface area (Å²) in [6, 6.07) is 12.3. The molecule has 23 heavy (non-hydrogen) atoms. The summed E-state index contributed by atoms with van der Waals surface area (Å²) in [7, 11) is 0. The van der Waals surface area contributed by atoms with Crippen molar-refractivity contribution >= 4 is 57.6 Å². The number of amides is 1. The molecule has 0 saturated carbocycles. The van der Waals surface area contributed by atoms with E-state index in [2.05, 4.69) is 15.6 Å². The first-order chi connectivity index (χ1) is 11.1. The largest absolute Gasteiger partial charge is 0.353 e. The molecule has 3 rings (SSSR count). The first-order valence-corrected chi connectivity index (χ1v) is 8.28. The van der Waals surface area contributed by atoms with E-state index in [1.807, 2.05) is 11.4 Å². The third-order valence-corrected chi connectivity index (χ3v) is 4.39. The molecule has 0 bridgehead atoms. The van der Waals surface area contributed by atoms with Crippen molar-refractivity contribution in [3.8, 4) is 0 Å². The standard InChI is InChI=1S/C16H11Cl2N3OS/c17-10-3-5-12(18)13(8-10)20-11-4-6-15(19-9-11)21-16(22)14-2-1-7-23-14/h1-9,20H,(H,19,21,22). The lowest BCUT2D eigenvalue weighted by molar-refractivity contribution is 0.103. The van der Waals surface area contributed by atoms with E-state index in [9.17, 15) is 4.79 Å². The van der Waals surface area contributed by atoms with Crippen LogP contribution in [0, 0.1) is 0 Å². The predicted molar refractivity (Wildman–Crippen MR) is 96.3 cm³/mol. The van der Waals surface area contributed by atoms with Gasteiger partial charge in [0.1, 0.15) is 5.82 Å². The highest BCUT2D eigenvalue weighted by molar-refractivity contribution is 7.12. The second-order valence-electron chi connectivity index (χ2n) is 4.61. The van der Waals surface area contributed by atoms with Crippen LogP contribution in [0.5, 0.6) is 0 Å². The smallest absolute Gasteiger partial charge is 0.266 e. The fourth-order valence-electron chi connectivity index (χ4n) is 1.88. The van der Waals surface area contributed by atoms with E-state index in [0.29, 0.717) is 26.4 Å². The number of hydrogen-bond donors (Lipinski definition) is 2. The summed E-state index contributed by atoms with van der Waals surface area (Å²) >= 11 is 13.4. The van der Waals surface area contributed by atoms with Crippen LogP contribution in [-0.4, -0.2) is 10.9 Å². The molecule has 0 unspecified atom stereocenters. The Morgan fingerprint density at radius 3 is 2.70 bits per heavy atom. The minimum atomic E-state index is -0.175. The summed E-state index contributed by atoms with van der Waals surface area (Å²) in [5, 5.41) is 8.87. The molecule has 0 aliphatic rings. The van der Waals surface area contributed by atoms with Gasteiger partial charge in [-0.2, -0.15) is 0 Å². The highest BCUT2D eigenvalue weighted by Crippen LogP contribution is 2.28. The zero-order valence-corrected chi connectivity index (χ0v) is 14.0. The summed E-state index contributed by atoms with van der Waals surface area (Å²) in [6.45, 7) is 0. The van der Waals surface area contributed by atoms with Crippen molar-refractivity contribution in [1.29, 1.82) is 0 Å². The van der Waals surface area contributed by atoms with Crippen molar-refractivity contribution < 1.29 is 4.79 Å². The van der Waals surface area contributed by atoms with E-state index in [0.717, 1.165) is 5.69 Å². The Balaban J connectivity index is 1.70. The molecule has 1 amide bonds. The maximum Gasteiger partial charge on any atom is 0.266 e. The van der Waals surface area contributed by atoms with E-state index in [-0.39, 0.29) is 5.91 Å². The van der Waals surface area contributed by atoms with Crippen LogP contribution in [0.4, 0.5) is 17.2 Å². The number of carbonyl (C=O) groups excluding carboxylic acids is 1. The second-order valence-corrected chi connectivity index (χ2v) is 6.40. The highest BCUT2D eigenvalue weighted by Gasteiger charge is 2.08. The van der Waals surface area contributed by atoms with Crippen LogP contribution in [0.15, 0.2) is 54.0 Å². The molecule has 2 N–H and O–H groups in total. The van der Waals surface area contributed by atoms with E-state index in [1.165, 1.54) is 11.3 Å². The molecule has 0 aliphatic carbocycles. The van der Waals surface area contributed by atoms with Crippen LogP contribution in [0.2, 0.25) is 10.0 Å². The van der Waals surface area contributed by atoms with Gasteiger partial charge in [-0.3, -0.25) is 4.79 Å². The van der Waals surface area contributed by atoms with Gasteiger partial charge in [0.05, 0.1) is 27.5 Å². The minimum absolute atomic E-state index is 0.175. The summed E-state index contributed by atoms with van der Waals surface area (Å²) in [5.41, 5.74) is 1.43. The molecule has 2 heterocycles. The van der Waals surface area contributed by atoms with E-state index in [1.54, 1.807) is 42.6 Å². The normalized spacial score (nSPS) is 10.3. The third kappa shape index (κ3) is 4.01. The topological polar surface area (TPSA) is 54.0 Å². The minimum Gasteiger partial charge on any atom is -0.353 e. The zero-order valence-electron chi connectivity index (χ0n) is 11.7. The molecule has 3 aromatic rings. The first-order valence-electron chi connectivity index (χ1n) is 6.65. The maximum atomic E-state index is 11.9. The van der Waals surface area contributed by atoms with Gasteiger partial charge in [-0.1, -0.05) is 29.3 Å². The number of rotatable bonds is 4. The molecule has 0 spiro atoms. The number of pyridine rings is 1. The average molecular weight is 364 g/mol. The Morgan fingerprint density at radius 2 is 2.00 bits per heavy atom. The predicted octanol–water partition coefficient (Wildman–Crippen LogP) is 5.45. The van der Waals surface area contributed by atoms with Crippen molar-refractivity contribution in [3.63, 3.8) is 0 Å². The Bertz CT molecular complexity index is 820. The lowest BCUT2D eigenvalue weighted by atomic mass is 10.3. The SMILES string of the molecule is O=C(Nc1ccc(Nc2cc(Cl)ccc2Cl)cn1)c1cccs1. The van der Waals surface area contributed by atoms with Gasteiger partial charge < -0.3 is 10.6 Å². The van der Waals surface area contributed by atoms with Crippen molar-refractivity contribution in [1.82, 2.24) is 4.98 Å². The van der Waals surface area contributed by atoms with Gasteiger partial charge in [-0.05, 0) is 41.8 Å². The van der Waals surface area contributed by atoms with Crippen molar-refractivity contribution in [2.24, 2.45) is 0 Å². The number of nitrogens with one attached hydrogen (secondary N) is 2. The molecule has 0 fully saturated rings. The molecular weight excluding hydrogens is 353 g/mol. The quantitative estimate of drug-likeness (QED) is 0.648. The third-order valence-electron chi connectivity index (χ3n) is 2.96. The summed E-state index contributed by atoms with van der Waals surface area (Å²) < 4.78 is 0. The van der Waals surface area contributed by atoms with E-state index < -0.39 is 0 Å². The summed E-state index contributed by atoms with van der Waals surface area (Å²) in [5.74, 6) is 0.303. The van der Waals surface area contributed by atoms with Crippen molar-refractivity contribution in [3.05, 3.63) is 69.0 Å². The number of aromatic nitrogens is 1. The Kier molecular flexibility index (Phi) is 4.81. The van der Waals surface area contributed by atoms with Crippen molar-refractivity contribution in [2.45, 2.75) is 0 Å². The van der Waals surface area contributed by atoms with Crippen LogP contribution in [0.3, 0.4) is 0 Å². The Labute approximate surface area is 147 Å². The number of anilines is 3. The fraction of sp³-hybridized carbons (Fsp3) is 0. The molecule has 0 saturated heterocycles. The number of carbonyl (C=O) groups is 1. The second kappa shape index (κ2) is 7.00. The van der Waals surface area contributed by atoms with Crippen LogP contribution in [0.1, 0.15) is 9.67 Å². The van der Waals surface area contributed by atoms with Gasteiger partial charge in [0, 0.05) is 5.02 Å². The summed E-state index contributed by atoms with van der Waals surface area (Å²) in [6.07, 6.45) is 1.61. The van der Waals surface area contributed by atoms with Gasteiger partial charge >= 0.3 is 0 Å². The van der Waals surface area contributed by atoms with Crippen LogP contribution in [-0.2, 0) is 0 Å². The summed E-state index contributed by atoms with van der Waals surface area (Å²) in [4.78, 5) is 16.8. The lowest BCUT2D eigenvalue weighted by Crippen LogP contribution is -2.11. The number of benzene rings is 1. The van der Waals surface area contributed by atoms with Gasteiger partial charge in [0.2, 0.25) is 0 Å². The first kappa shape index (κ1) is 15.8. The molecule has 4 nitrogen and oxygen atoms in total. The number of hydrogen-bond acceptors (Lipinski definition) is 4. The van der Waals surface area contributed by atoms with Crippen molar-refractivity contribution in [2.75, 3.05) is 10.6 Å². The highest BCUT2D eigenvalue weighted by atomic mass is 35.5. The number of thiophene rings is 1. The molecular formula is C16H11Cl2N3OS. The zero-order chi connectivity index (χ0) is 16.2. The maximum absolute atomic E-state index is 11.9. The Morgan fingerprint density at radius 1 is 1.13 bits per heavy atom.